The first-order valence-corrected chi connectivity index (χ1v) is 11.3. The summed E-state index contributed by atoms with van der Waals surface area (Å²) >= 11 is 0. The third kappa shape index (κ3) is 7.91. The van der Waals surface area contributed by atoms with Gasteiger partial charge in [-0.1, -0.05) is 19.4 Å². The third-order valence-corrected chi connectivity index (χ3v) is 5.86. The highest BCUT2D eigenvalue weighted by Gasteiger charge is 2.26. The van der Waals surface area contributed by atoms with E-state index < -0.39 is 14.1 Å². The molecule has 1 saturated heterocycles. The minimum Gasteiger partial charge on any atom is -0.465 e. The fourth-order valence-corrected chi connectivity index (χ4v) is 4.06. The highest BCUT2D eigenvalue weighted by molar-refractivity contribution is 7.56. The Morgan fingerprint density at radius 1 is 1.50 bits per heavy atom. The van der Waals surface area contributed by atoms with Gasteiger partial charge in [-0.2, -0.15) is 0 Å². The number of nitrogens with two attached hydrogens (primary N) is 1. The number of nitrogens with zero attached hydrogens (tertiary/aromatic N) is 3. The van der Waals surface area contributed by atoms with Crippen LogP contribution in [0.4, 0.5) is 0 Å². The highest BCUT2D eigenvalue weighted by atomic mass is 31.1. The summed E-state index contributed by atoms with van der Waals surface area (Å²) in [6, 6.07) is -0.371. The summed E-state index contributed by atoms with van der Waals surface area (Å²) in [7, 11) is -1.13. The van der Waals surface area contributed by atoms with Gasteiger partial charge in [-0.25, -0.2) is 9.67 Å². The number of amides is 1. The molecule has 0 spiro atoms. The molecule has 0 bridgehead atoms. The first-order valence-electron chi connectivity index (χ1n) is 9.87. The average Bonchev–Trinajstić information content (AvgIpc) is 3.39. The second-order valence-electron chi connectivity index (χ2n) is 6.79. The largest absolute Gasteiger partial charge is 0.465 e. The molecule has 4 atom stereocenters. The summed E-state index contributed by atoms with van der Waals surface area (Å²) < 4.78 is 12.5. The van der Waals surface area contributed by atoms with Crippen molar-refractivity contribution in [2.75, 3.05) is 13.2 Å². The Morgan fingerprint density at radius 3 is 2.97 bits per heavy atom. The van der Waals surface area contributed by atoms with E-state index in [1.54, 1.807) is 6.92 Å². The van der Waals surface area contributed by atoms with Crippen LogP contribution >= 0.6 is 8.22 Å². The molecule has 0 aliphatic carbocycles. The number of hydrogen-bond donors (Lipinski definition) is 3. The maximum Gasteiger partial charge on any atom is 0.320 e. The van der Waals surface area contributed by atoms with E-state index >= 15 is 0 Å². The second-order valence-corrected chi connectivity index (χ2v) is 8.41. The van der Waals surface area contributed by atoms with Crippen LogP contribution in [0.1, 0.15) is 56.4 Å². The quantitative estimate of drug-likeness (QED) is 0.176. The summed E-state index contributed by atoms with van der Waals surface area (Å²) in [6.45, 7) is 4.21. The standard InChI is InChI=1S/C18H29N6O5P/c1-3-4-8-28-16(26)10-21-30(23-13(2)11-25)9-7-14-5-6-15(29-14)24-12-20-18(22-24)17(19)27/h7,9,11-15,21,23H,3-6,8,10H2,1-2H3,(H2,19,27)/b9-7+. The Morgan fingerprint density at radius 2 is 2.30 bits per heavy atom. The molecular formula is C18H29N6O5P. The number of aromatic nitrogens is 3. The molecule has 0 saturated carbocycles. The lowest BCUT2D eigenvalue weighted by atomic mass is 10.2. The number of rotatable bonds is 13. The third-order valence-electron chi connectivity index (χ3n) is 4.21. The molecule has 30 heavy (non-hydrogen) atoms. The molecule has 4 N–H and O–H groups in total. The minimum atomic E-state index is -1.13. The first-order chi connectivity index (χ1) is 14.4. The van der Waals surface area contributed by atoms with Gasteiger partial charge in [-0.3, -0.25) is 19.8 Å². The average molecular weight is 440 g/mol. The number of esters is 1. The first kappa shape index (κ1) is 24.1. The van der Waals surface area contributed by atoms with E-state index in [2.05, 4.69) is 20.3 Å². The van der Waals surface area contributed by atoms with Crippen LogP contribution in [-0.4, -0.2) is 58.2 Å². The minimum absolute atomic E-state index is 0.0430. The molecule has 1 aliphatic heterocycles. The summed E-state index contributed by atoms with van der Waals surface area (Å²) in [6.07, 6.45) is 6.82. The molecule has 4 unspecified atom stereocenters. The van der Waals surface area contributed by atoms with E-state index in [0.717, 1.165) is 25.5 Å². The van der Waals surface area contributed by atoms with Gasteiger partial charge >= 0.3 is 5.97 Å². The van der Waals surface area contributed by atoms with E-state index in [0.29, 0.717) is 13.0 Å². The van der Waals surface area contributed by atoms with Crippen molar-refractivity contribution in [1.29, 1.82) is 0 Å². The van der Waals surface area contributed by atoms with Crippen LogP contribution in [0, 0.1) is 0 Å². The smallest absolute Gasteiger partial charge is 0.320 e. The Labute approximate surface area is 176 Å². The molecule has 1 aliphatic rings. The van der Waals surface area contributed by atoms with Crippen molar-refractivity contribution in [1.82, 2.24) is 24.9 Å². The van der Waals surface area contributed by atoms with Gasteiger partial charge in [-0.15, -0.1) is 5.10 Å². The van der Waals surface area contributed by atoms with E-state index in [-0.39, 0.29) is 36.7 Å². The zero-order valence-electron chi connectivity index (χ0n) is 17.2. The van der Waals surface area contributed by atoms with Crippen molar-refractivity contribution in [3.8, 4) is 0 Å². The number of ether oxygens (including phenoxy) is 2. The van der Waals surface area contributed by atoms with Crippen molar-refractivity contribution in [3.63, 3.8) is 0 Å². The molecule has 1 amide bonds. The van der Waals surface area contributed by atoms with Crippen LogP contribution in [0.2, 0.25) is 0 Å². The topological polar surface area (TPSA) is 150 Å². The maximum absolute atomic E-state index is 11.8. The molecule has 1 aromatic rings. The van der Waals surface area contributed by atoms with E-state index in [1.807, 2.05) is 18.8 Å². The molecule has 11 nitrogen and oxygen atoms in total. The zero-order chi connectivity index (χ0) is 21.9. The Balaban J connectivity index is 1.88. The number of primary amides is 1. The predicted octanol–water partition coefficient (Wildman–Crippen LogP) is 0.990. The number of nitrogens with one attached hydrogen (secondary N) is 2. The van der Waals surface area contributed by atoms with Crippen LogP contribution in [0.3, 0.4) is 0 Å². The molecule has 1 fully saturated rings. The SMILES string of the molecule is CCCCOC(=O)CNP(/C=C/C1CCC(n2cnc(C(N)=O)n2)O1)NC(C)C=O. The van der Waals surface area contributed by atoms with Crippen LogP contribution in [0.25, 0.3) is 0 Å². The van der Waals surface area contributed by atoms with Crippen molar-refractivity contribution in [3.05, 3.63) is 24.0 Å². The molecule has 2 heterocycles. The fourth-order valence-electron chi connectivity index (χ4n) is 2.61. The Kier molecular flexibility index (Phi) is 10.0. The summed E-state index contributed by atoms with van der Waals surface area (Å²) in [4.78, 5) is 37.8. The van der Waals surface area contributed by atoms with Crippen molar-refractivity contribution in [2.45, 2.75) is 57.9 Å². The van der Waals surface area contributed by atoms with Crippen molar-refractivity contribution in [2.24, 2.45) is 5.73 Å². The molecule has 166 valence electrons. The number of unbranched alkanes of at least 4 members (excludes halogenated alkanes) is 1. The van der Waals surface area contributed by atoms with Gasteiger partial charge in [0.1, 0.15) is 12.6 Å². The lowest BCUT2D eigenvalue weighted by molar-refractivity contribution is -0.142. The highest BCUT2D eigenvalue weighted by Crippen LogP contribution is 2.32. The van der Waals surface area contributed by atoms with Crippen LogP contribution in [0.15, 0.2) is 18.2 Å². The zero-order valence-corrected chi connectivity index (χ0v) is 18.1. The second kappa shape index (κ2) is 12.5. The summed E-state index contributed by atoms with van der Waals surface area (Å²) in [5.74, 6) is 0.794. The number of carbonyl (C=O) groups excluding carboxylic acids is 3. The monoisotopic (exact) mass is 440 g/mol. The molecule has 0 radical (unpaired) electrons. The number of carbonyl (C=O) groups is 3. The predicted molar refractivity (Wildman–Crippen MR) is 110 cm³/mol. The van der Waals surface area contributed by atoms with Crippen LogP contribution < -0.4 is 15.9 Å². The lowest BCUT2D eigenvalue weighted by Crippen LogP contribution is -2.30. The Bertz CT molecular complexity index is 742. The van der Waals surface area contributed by atoms with Gasteiger partial charge in [0.15, 0.2) is 6.23 Å². The molecule has 2 rings (SSSR count). The van der Waals surface area contributed by atoms with Crippen molar-refractivity contribution < 1.29 is 23.9 Å². The van der Waals surface area contributed by atoms with Crippen molar-refractivity contribution >= 4 is 26.4 Å². The normalized spacial score (nSPS) is 20.9. The molecule has 0 aromatic carbocycles. The molecule has 1 aromatic heterocycles. The van der Waals surface area contributed by atoms with E-state index in [4.69, 9.17) is 15.2 Å². The van der Waals surface area contributed by atoms with Crippen LogP contribution in [-0.2, 0) is 19.1 Å². The van der Waals surface area contributed by atoms with E-state index in [9.17, 15) is 14.4 Å². The van der Waals surface area contributed by atoms with Gasteiger partial charge in [0, 0.05) is 0 Å². The fraction of sp³-hybridized carbons (Fsp3) is 0.611. The van der Waals surface area contributed by atoms with Gasteiger partial charge in [0.2, 0.25) is 5.82 Å². The van der Waals surface area contributed by atoms with Gasteiger partial charge in [0.25, 0.3) is 5.91 Å². The molecular weight excluding hydrogens is 411 g/mol. The Hall–Kier alpha value is -2.20. The number of aldehydes is 1. The van der Waals surface area contributed by atoms with Gasteiger partial charge in [-0.05, 0) is 32.0 Å². The van der Waals surface area contributed by atoms with Crippen LogP contribution in [0.5, 0.6) is 0 Å². The molecule has 12 heteroatoms. The lowest BCUT2D eigenvalue weighted by Gasteiger charge is -2.19. The van der Waals surface area contributed by atoms with E-state index in [1.165, 1.54) is 11.0 Å². The van der Waals surface area contributed by atoms with Gasteiger partial charge in [0.05, 0.1) is 33.5 Å². The van der Waals surface area contributed by atoms with Gasteiger partial charge < -0.3 is 20.0 Å². The summed E-state index contributed by atoms with van der Waals surface area (Å²) in [5, 5.41) is 10.2. The number of hydrogen-bond acceptors (Lipinski definition) is 9. The summed E-state index contributed by atoms with van der Waals surface area (Å²) in [5.41, 5.74) is 5.17. The maximum atomic E-state index is 11.8.